The molecule has 3 heterocycles. The Labute approximate surface area is 118 Å². The van der Waals surface area contributed by atoms with Gasteiger partial charge in [-0.3, -0.25) is 0 Å². The van der Waals surface area contributed by atoms with E-state index in [4.69, 9.17) is 0 Å². The Morgan fingerprint density at radius 1 is 1.35 bits per heavy atom. The molecule has 0 aliphatic rings. The Kier molecular flexibility index (Phi) is 3.15. The Hall–Kier alpha value is -2.35. The molecule has 0 saturated carbocycles. The number of carbonyl (C=O) groups is 1. The van der Waals surface area contributed by atoms with Crippen molar-refractivity contribution in [3.05, 3.63) is 23.6 Å². The number of carbonyl (C=O) groups excluding carboxylic acids is 1. The highest BCUT2D eigenvalue weighted by Crippen LogP contribution is 2.25. The van der Waals surface area contributed by atoms with Crippen molar-refractivity contribution < 1.29 is 9.53 Å². The zero-order chi connectivity index (χ0) is 14.1. The number of aryl methyl sites for hydroxylation is 1. The maximum absolute atomic E-state index is 11.4. The van der Waals surface area contributed by atoms with Gasteiger partial charge in [-0.25, -0.2) is 24.4 Å². The van der Waals surface area contributed by atoms with E-state index >= 15 is 0 Å². The lowest BCUT2D eigenvalue weighted by Crippen LogP contribution is -1.99. The van der Waals surface area contributed by atoms with Gasteiger partial charge in [-0.05, 0) is 6.92 Å². The first-order valence-corrected chi connectivity index (χ1v) is 6.77. The number of nitrogens with zero attached hydrogens (tertiary/aromatic N) is 5. The van der Waals surface area contributed by atoms with Gasteiger partial charge in [0.1, 0.15) is 11.2 Å². The van der Waals surface area contributed by atoms with E-state index in [2.05, 4.69) is 24.8 Å². The van der Waals surface area contributed by atoms with Crippen LogP contribution in [-0.2, 0) is 11.3 Å². The topological polar surface area (TPSA) is 82.8 Å². The lowest BCUT2D eigenvalue weighted by atomic mass is 10.4. The molecule has 0 N–H and O–H groups in total. The fraction of sp³-hybridized carbons (Fsp3) is 0.250. The quantitative estimate of drug-likeness (QED) is 0.683. The highest BCUT2D eigenvalue weighted by Gasteiger charge is 2.14. The van der Waals surface area contributed by atoms with Gasteiger partial charge in [0, 0.05) is 12.7 Å². The molecule has 0 atom stereocenters. The maximum atomic E-state index is 11.4. The smallest absolute Gasteiger partial charge is 0.367 e. The molecule has 0 bridgehead atoms. The highest BCUT2D eigenvalue weighted by molar-refractivity contribution is 7.16. The van der Waals surface area contributed by atoms with E-state index in [1.165, 1.54) is 18.4 Å². The molecule has 0 aromatic carbocycles. The third kappa shape index (κ3) is 2.03. The van der Waals surface area contributed by atoms with Gasteiger partial charge in [-0.15, -0.1) is 11.3 Å². The Morgan fingerprint density at radius 2 is 2.20 bits per heavy atom. The summed E-state index contributed by atoms with van der Waals surface area (Å²) in [5, 5.41) is 4.50. The van der Waals surface area contributed by atoms with Crippen LogP contribution in [0.3, 0.4) is 0 Å². The second-order valence-corrected chi connectivity index (χ2v) is 4.98. The van der Waals surface area contributed by atoms with Gasteiger partial charge in [0.15, 0.2) is 5.65 Å². The molecule has 20 heavy (non-hydrogen) atoms. The van der Waals surface area contributed by atoms with Gasteiger partial charge in [-0.1, -0.05) is 0 Å². The van der Waals surface area contributed by atoms with Crippen LogP contribution in [0.1, 0.15) is 16.7 Å². The van der Waals surface area contributed by atoms with Crippen molar-refractivity contribution >= 4 is 28.5 Å². The molecule has 0 unspecified atom stereocenters. The van der Waals surface area contributed by atoms with Crippen molar-refractivity contribution in [3.8, 4) is 10.6 Å². The number of methoxy groups -OCH3 is 1. The zero-order valence-corrected chi connectivity index (χ0v) is 11.7. The van der Waals surface area contributed by atoms with E-state index in [1.54, 1.807) is 23.3 Å². The van der Waals surface area contributed by atoms with Crippen LogP contribution in [0.15, 0.2) is 18.6 Å². The van der Waals surface area contributed by atoms with E-state index in [9.17, 15) is 4.79 Å². The molecule has 0 radical (unpaired) electrons. The summed E-state index contributed by atoms with van der Waals surface area (Å²) in [5.41, 5.74) is 2.13. The van der Waals surface area contributed by atoms with E-state index in [-0.39, 0.29) is 0 Å². The average molecular weight is 289 g/mol. The number of esters is 1. The number of aromatic nitrogens is 5. The van der Waals surface area contributed by atoms with Crippen molar-refractivity contribution in [1.82, 2.24) is 24.7 Å². The molecule has 3 aromatic rings. The predicted octanol–water partition coefficient (Wildman–Crippen LogP) is 1.76. The molecule has 0 amide bonds. The minimum absolute atomic E-state index is 0.299. The van der Waals surface area contributed by atoms with Crippen LogP contribution in [0.2, 0.25) is 0 Å². The van der Waals surface area contributed by atoms with Gasteiger partial charge in [0.05, 0.1) is 24.4 Å². The Morgan fingerprint density at radius 3 is 2.95 bits per heavy atom. The number of thiazole rings is 1. The first kappa shape index (κ1) is 12.7. The van der Waals surface area contributed by atoms with Crippen LogP contribution in [0.25, 0.3) is 21.7 Å². The molecule has 0 aliphatic carbocycles. The molecule has 3 rings (SSSR count). The van der Waals surface area contributed by atoms with Crippen LogP contribution in [0.4, 0.5) is 0 Å². The Balaban J connectivity index is 2.05. The standard InChI is InChI=1S/C12H11N5O2S/c1-3-17-10-8(5-15-17)13-4-7(16-10)9-6-14-11(20-9)12(18)19-2/h4-6H,3H2,1-2H3. The lowest BCUT2D eigenvalue weighted by molar-refractivity contribution is 0.0600. The Bertz CT molecular complexity index is 779. The van der Waals surface area contributed by atoms with Crippen LogP contribution in [0.5, 0.6) is 0 Å². The molecule has 0 saturated heterocycles. The molecule has 7 nitrogen and oxygen atoms in total. The second-order valence-electron chi connectivity index (χ2n) is 3.95. The second kappa shape index (κ2) is 4.97. The molecule has 8 heteroatoms. The van der Waals surface area contributed by atoms with E-state index < -0.39 is 5.97 Å². The molecule has 102 valence electrons. The number of fused-ring (bicyclic) bond motifs is 1. The average Bonchev–Trinajstić information content (AvgIpc) is 3.12. The van der Waals surface area contributed by atoms with Crippen molar-refractivity contribution in [1.29, 1.82) is 0 Å². The van der Waals surface area contributed by atoms with E-state index in [0.717, 1.165) is 22.6 Å². The van der Waals surface area contributed by atoms with Crippen LogP contribution < -0.4 is 0 Å². The number of ether oxygens (including phenoxy) is 1. The summed E-state index contributed by atoms with van der Waals surface area (Å²) in [7, 11) is 1.33. The van der Waals surface area contributed by atoms with Crippen LogP contribution in [-0.4, -0.2) is 37.8 Å². The van der Waals surface area contributed by atoms with Gasteiger partial charge in [-0.2, -0.15) is 5.10 Å². The molecule has 0 aliphatic heterocycles. The molecule has 3 aromatic heterocycles. The van der Waals surface area contributed by atoms with Crippen molar-refractivity contribution in [2.45, 2.75) is 13.5 Å². The van der Waals surface area contributed by atoms with E-state index in [0.29, 0.717) is 10.7 Å². The largest absolute Gasteiger partial charge is 0.464 e. The monoisotopic (exact) mass is 289 g/mol. The summed E-state index contributed by atoms with van der Waals surface area (Å²) in [4.78, 5) is 25.0. The van der Waals surface area contributed by atoms with Gasteiger partial charge < -0.3 is 4.74 Å². The molecule has 0 fully saturated rings. The minimum atomic E-state index is -0.450. The predicted molar refractivity (Wildman–Crippen MR) is 73.4 cm³/mol. The zero-order valence-electron chi connectivity index (χ0n) is 10.9. The third-order valence-electron chi connectivity index (χ3n) is 2.76. The van der Waals surface area contributed by atoms with E-state index in [1.807, 2.05) is 6.92 Å². The van der Waals surface area contributed by atoms with Crippen molar-refractivity contribution in [2.75, 3.05) is 7.11 Å². The minimum Gasteiger partial charge on any atom is -0.464 e. The fourth-order valence-corrected chi connectivity index (χ4v) is 2.56. The van der Waals surface area contributed by atoms with Gasteiger partial charge in [0.25, 0.3) is 0 Å². The molecular formula is C12H11N5O2S. The summed E-state index contributed by atoms with van der Waals surface area (Å²) in [6.45, 7) is 2.71. The van der Waals surface area contributed by atoms with Crippen molar-refractivity contribution in [2.24, 2.45) is 0 Å². The summed E-state index contributed by atoms with van der Waals surface area (Å²) < 4.78 is 6.41. The van der Waals surface area contributed by atoms with Gasteiger partial charge >= 0.3 is 5.97 Å². The third-order valence-corrected chi connectivity index (χ3v) is 3.76. The normalized spacial score (nSPS) is 10.9. The number of hydrogen-bond acceptors (Lipinski definition) is 7. The molecule has 0 spiro atoms. The maximum Gasteiger partial charge on any atom is 0.367 e. The lowest BCUT2D eigenvalue weighted by Gasteiger charge is -1.99. The molecular weight excluding hydrogens is 278 g/mol. The summed E-state index contributed by atoms with van der Waals surface area (Å²) in [5.74, 6) is -0.450. The summed E-state index contributed by atoms with van der Waals surface area (Å²) in [6, 6.07) is 0. The van der Waals surface area contributed by atoms with Crippen LogP contribution in [0, 0.1) is 0 Å². The fourth-order valence-electron chi connectivity index (χ4n) is 1.77. The van der Waals surface area contributed by atoms with Gasteiger partial charge in [0.2, 0.25) is 5.01 Å². The SMILES string of the molecule is CCn1ncc2ncc(-c3cnc(C(=O)OC)s3)nc21. The number of rotatable bonds is 3. The summed E-state index contributed by atoms with van der Waals surface area (Å²) in [6.07, 6.45) is 4.93. The number of hydrogen-bond donors (Lipinski definition) is 0. The first-order chi connectivity index (χ1) is 9.72. The van der Waals surface area contributed by atoms with Crippen molar-refractivity contribution in [3.63, 3.8) is 0 Å². The van der Waals surface area contributed by atoms with Crippen LogP contribution >= 0.6 is 11.3 Å². The highest BCUT2D eigenvalue weighted by atomic mass is 32.1. The first-order valence-electron chi connectivity index (χ1n) is 5.96. The summed E-state index contributed by atoms with van der Waals surface area (Å²) >= 11 is 1.23.